The van der Waals surface area contributed by atoms with Crippen molar-refractivity contribution in [3.63, 3.8) is 0 Å². The fourth-order valence-corrected chi connectivity index (χ4v) is 4.55. The van der Waals surface area contributed by atoms with Crippen molar-refractivity contribution in [1.29, 1.82) is 5.26 Å². The summed E-state index contributed by atoms with van der Waals surface area (Å²) >= 11 is 0. The van der Waals surface area contributed by atoms with Gasteiger partial charge in [0.1, 0.15) is 6.07 Å². The van der Waals surface area contributed by atoms with Crippen molar-refractivity contribution in [3.05, 3.63) is 102 Å². The van der Waals surface area contributed by atoms with Crippen LogP contribution < -0.4 is 0 Å². The maximum atomic E-state index is 9.50. The Kier molecular flexibility index (Phi) is 3.87. The number of hydrogen-bond acceptors (Lipinski definition) is 3. The van der Waals surface area contributed by atoms with Crippen LogP contribution in [0.25, 0.3) is 59.7 Å². The van der Waals surface area contributed by atoms with E-state index in [1.807, 2.05) is 0 Å². The summed E-state index contributed by atoms with van der Waals surface area (Å²) in [6.45, 7) is 7.48. The number of aromatic nitrogens is 2. The number of benzene rings is 4. The second kappa shape index (κ2) is 6.87. The summed E-state index contributed by atoms with van der Waals surface area (Å²) in [4.78, 5) is 12.6. The van der Waals surface area contributed by atoms with Gasteiger partial charge in [0.2, 0.25) is 5.69 Å². The molecule has 0 aliphatic heterocycles. The standard InChI is InChI=1S/C28H14N4/c1-30-24-5-3-11-32-28(24)23-14-19-8-6-17-12-22(27-21(16-29)4-2-10-31-27)13-18-7-9-20(15-23)26(19)25(17)18/h2-15H. The zero-order valence-electron chi connectivity index (χ0n) is 16.9. The summed E-state index contributed by atoms with van der Waals surface area (Å²) in [6, 6.07) is 26.3. The second-order valence-corrected chi connectivity index (χ2v) is 7.72. The highest BCUT2D eigenvalue weighted by atomic mass is 14.8. The van der Waals surface area contributed by atoms with Crippen molar-refractivity contribution in [2.24, 2.45) is 0 Å². The van der Waals surface area contributed by atoms with Gasteiger partial charge in [0.25, 0.3) is 0 Å². The minimum atomic E-state index is 0.550. The van der Waals surface area contributed by atoms with Crippen molar-refractivity contribution in [2.45, 2.75) is 0 Å². The van der Waals surface area contributed by atoms with Gasteiger partial charge in [-0.25, -0.2) is 4.85 Å². The van der Waals surface area contributed by atoms with Crippen LogP contribution in [-0.2, 0) is 0 Å². The number of nitrogens with zero attached hydrogens (tertiary/aromatic N) is 4. The molecule has 0 amide bonds. The molecule has 6 aromatic rings. The maximum Gasteiger partial charge on any atom is 0.212 e. The van der Waals surface area contributed by atoms with Gasteiger partial charge in [0.05, 0.1) is 23.5 Å². The van der Waals surface area contributed by atoms with Crippen molar-refractivity contribution in [3.8, 4) is 28.6 Å². The van der Waals surface area contributed by atoms with Crippen LogP contribution in [0, 0.1) is 17.9 Å². The Bertz CT molecular complexity index is 1560. The van der Waals surface area contributed by atoms with Crippen LogP contribution in [0.2, 0.25) is 0 Å². The first kappa shape index (κ1) is 18.0. The molecule has 6 rings (SSSR count). The van der Waals surface area contributed by atoms with Crippen LogP contribution in [0.1, 0.15) is 5.56 Å². The zero-order valence-corrected chi connectivity index (χ0v) is 16.9. The Morgan fingerprint density at radius 2 is 1.19 bits per heavy atom. The van der Waals surface area contributed by atoms with Crippen molar-refractivity contribution in [1.82, 2.24) is 9.97 Å². The van der Waals surface area contributed by atoms with Crippen molar-refractivity contribution >= 4 is 38.0 Å². The van der Waals surface area contributed by atoms with Crippen LogP contribution in [0.4, 0.5) is 5.69 Å². The lowest BCUT2D eigenvalue weighted by Crippen LogP contribution is -1.91. The monoisotopic (exact) mass is 406 g/mol. The van der Waals surface area contributed by atoms with Crippen LogP contribution in [0.5, 0.6) is 0 Å². The topological polar surface area (TPSA) is 53.9 Å². The smallest absolute Gasteiger partial charge is 0.212 e. The molecule has 0 atom stereocenters. The van der Waals surface area contributed by atoms with E-state index in [2.05, 4.69) is 69.4 Å². The van der Waals surface area contributed by atoms with Crippen LogP contribution in [-0.4, -0.2) is 9.97 Å². The molecule has 146 valence electrons. The summed E-state index contributed by atoms with van der Waals surface area (Å²) in [6.07, 6.45) is 3.44. The Morgan fingerprint density at radius 3 is 1.72 bits per heavy atom. The second-order valence-electron chi connectivity index (χ2n) is 7.72. The van der Waals surface area contributed by atoms with Gasteiger partial charge >= 0.3 is 0 Å². The first-order chi connectivity index (χ1) is 15.8. The van der Waals surface area contributed by atoms with E-state index in [0.717, 1.165) is 32.7 Å². The van der Waals surface area contributed by atoms with Gasteiger partial charge in [-0.05, 0) is 74.3 Å². The third-order valence-corrected chi connectivity index (χ3v) is 5.92. The van der Waals surface area contributed by atoms with Gasteiger partial charge in [-0.15, -0.1) is 0 Å². The molecular formula is C28H14N4. The number of rotatable bonds is 2. The zero-order chi connectivity index (χ0) is 21.7. The molecule has 0 saturated heterocycles. The highest BCUT2D eigenvalue weighted by Gasteiger charge is 2.15. The minimum absolute atomic E-state index is 0.550. The summed E-state index contributed by atoms with van der Waals surface area (Å²) in [5.41, 5.74) is 4.39. The van der Waals surface area contributed by atoms with E-state index in [-0.39, 0.29) is 0 Å². The van der Waals surface area contributed by atoms with Crippen molar-refractivity contribution in [2.75, 3.05) is 0 Å². The van der Waals surface area contributed by atoms with E-state index in [4.69, 9.17) is 6.57 Å². The lowest BCUT2D eigenvalue weighted by atomic mass is 9.90. The molecule has 2 aromatic heterocycles. The van der Waals surface area contributed by atoms with Gasteiger partial charge in [-0.3, -0.25) is 9.97 Å². The normalized spacial score (nSPS) is 11.1. The third kappa shape index (κ3) is 2.61. The highest BCUT2D eigenvalue weighted by Crippen LogP contribution is 2.40. The van der Waals surface area contributed by atoms with E-state index in [9.17, 15) is 5.26 Å². The molecule has 0 bridgehead atoms. The molecule has 0 spiro atoms. The quantitative estimate of drug-likeness (QED) is 0.227. The molecule has 2 heterocycles. The Hall–Kier alpha value is -4.80. The molecule has 0 fully saturated rings. The van der Waals surface area contributed by atoms with E-state index in [1.165, 1.54) is 10.8 Å². The molecule has 4 aromatic carbocycles. The van der Waals surface area contributed by atoms with Gasteiger partial charge < -0.3 is 0 Å². The lowest BCUT2D eigenvalue weighted by molar-refractivity contribution is 1.30. The Balaban J connectivity index is 1.63. The average Bonchev–Trinajstić information content (AvgIpc) is 2.86. The molecule has 32 heavy (non-hydrogen) atoms. The molecule has 0 radical (unpaired) electrons. The van der Waals surface area contributed by atoms with E-state index >= 15 is 0 Å². The predicted octanol–water partition coefficient (Wildman–Crippen LogP) is 7.13. The predicted molar refractivity (Wildman–Crippen MR) is 128 cm³/mol. The van der Waals surface area contributed by atoms with Crippen LogP contribution in [0.3, 0.4) is 0 Å². The largest absolute Gasteiger partial charge is 0.268 e. The minimum Gasteiger partial charge on any atom is -0.268 e. The maximum absolute atomic E-state index is 9.50. The van der Waals surface area contributed by atoms with Gasteiger partial charge in [-0.2, -0.15) is 5.26 Å². The molecule has 4 heteroatoms. The number of nitriles is 1. The number of hydrogen-bond donors (Lipinski definition) is 0. The average molecular weight is 406 g/mol. The first-order valence-corrected chi connectivity index (χ1v) is 10.2. The molecule has 0 saturated carbocycles. The molecule has 0 aliphatic carbocycles. The van der Waals surface area contributed by atoms with Gasteiger partial charge in [-0.1, -0.05) is 36.4 Å². The molecule has 0 aliphatic rings. The fourth-order valence-electron chi connectivity index (χ4n) is 4.55. The molecular weight excluding hydrogens is 392 g/mol. The summed E-state index contributed by atoms with van der Waals surface area (Å²) in [5, 5.41) is 16.3. The van der Waals surface area contributed by atoms with E-state index in [1.54, 1.807) is 36.7 Å². The fraction of sp³-hybridized carbons (Fsp3) is 0. The highest BCUT2D eigenvalue weighted by molar-refractivity contribution is 6.24. The Morgan fingerprint density at radius 1 is 0.688 bits per heavy atom. The van der Waals surface area contributed by atoms with Crippen molar-refractivity contribution < 1.29 is 0 Å². The van der Waals surface area contributed by atoms with E-state index in [0.29, 0.717) is 22.6 Å². The SMILES string of the molecule is [C-]#[N+]c1cccnc1-c1cc2ccc3cc(-c4ncccc4C#N)cc4ccc(c1)c2c34. The summed E-state index contributed by atoms with van der Waals surface area (Å²) in [5.74, 6) is 0. The lowest BCUT2D eigenvalue weighted by Gasteiger charge is -2.14. The molecule has 4 nitrogen and oxygen atoms in total. The van der Waals surface area contributed by atoms with Crippen LogP contribution in [0.15, 0.2) is 85.2 Å². The third-order valence-electron chi connectivity index (χ3n) is 5.92. The summed E-state index contributed by atoms with van der Waals surface area (Å²) < 4.78 is 0. The van der Waals surface area contributed by atoms with Gasteiger partial charge in [0.15, 0.2) is 0 Å². The molecule has 0 unspecified atom stereocenters. The number of pyridine rings is 2. The first-order valence-electron chi connectivity index (χ1n) is 10.2. The van der Waals surface area contributed by atoms with Gasteiger partial charge in [0, 0.05) is 18.0 Å². The van der Waals surface area contributed by atoms with E-state index < -0.39 is 0 Å². The summed E-state index contributed by atoms with van der Waals surface area (Å²) in [7, 11) is 0. The molecule has 0 N–H and O–H groups in total. The Labute approximate surface area is 184 Å². The van der Waals surface area contributed by atoms with Crippen LogP contribution >= 0.6 is 0 Å².